The molecule has 1 aliphatic carbocycles. The first-order chi connectivity index (χ1) is 7.86. The molecule has 0 amide bonds. The Kier molecular flexibility index (Phi) is 17.1. The second kappa shape index (κ2) is 14.9. The second-order valence-electron chi connectivity index (χ2n) is 3.80. The van der Waals surface area contributed by atoms with Gasteiger partial charge in [0, 0.05) is 27.4 Å². The van der Waals surface area contributed by atoms with Crippen LogP contribution >= 0.6 is 0 Å². The number of methoxy groups -OCH3 is 2. The van der Waals surface area contributed by atoms with Crippen molar-refractivity contribution >= 4 is 0 Å². The summed E-state index contributed by atoms with van der Waals surface area (Å²) in [7, 11) is 3.59. The van der Waals surface area contributed by atoms with Crippen molar-refractivity contribution in [2.24, 2.45) is 11.8 Å². The van der Waals surface area contributed by atoms with Crippen molar-refractivity contribution in [3.8, 4) is 0 Å². The molecule has 100 valence electrons. The maximum Gasteiger partial charge on any atom is 0.0490 e. The molecule has 0 aromatic rings. The van der Waals surface area contributed by atoms with Gasteiger partial charge in [-0.05, 0) is 37.5 Å². The molecule has 1 saturated carbocycles. The van der Waals surface area contributed by atoms with Crippen LogP contribution in [0.3, 0.4) is 0 Å². The van der Waals surface area contributed by atoms with E-state index in [4.69, 9.17) is 9.47 Å². The van der Waals surface area contributed by atoms with Gasteiger partial charge < -0.3 is 9.47 Å². The molecule has 0 unspecified atom stereocenters. The highest BCUT2D eigenvalue weighted by atomic mass is 16.5. The van der Waals surface area contributed by atoms with Gasteiger partial charge in [-0.15, -0.1) is 0 Å². The van der Waals surface area contributed by atoms with Crippen molar-refractivity contribution < 1.29 is 9.47 Å². The lowest BCUT2D eigenvalue weighted by Crippen LogP contribution is -2.20. The molecule has 0 heterocycles. The van der Waals surface area contributed by atoms with E-state index < -0.39 is 0 Å². The molecule has 0 aliphatic heterocycles. The first-order valence-corrected chi connectivity index (χ1v) is 6.84. The minimum atomic E-state index is 0.808. The maximum absolute atomic E-state index is 5.15. The number of hydrogen-bond donors (Lipinski definition) is 0. The van der Waals surface area contributed by atoms with Crippen LogP contribution in [0.1, 0.15) is 53.4 Å². The number of ether oxygens (including phenoxy) is 2. The molecule has 0 spiro atoms. The van der Waals surface area contributed by atoms with Crippen LogP contribution in [0.4, 0.5) is 0 Å². The summed E-state index contributed by atoms with van der Waals surface area (Å²) in [5.41, 5.74) is 0. The number of rotatable bonds is 4. The van der Waals surface area contributed by atoms with Crippen LogP contribution in [0.5, 0.6) is 0 Å². The fourth-order valence-electron chi connectivity index (χ4n) is 2.04. The van der Waals surface area contributed by atoms with Crippen molar-refractivity contribution in [3.63, 3.8) is 0 Å². The summed E-state index contributed by atoms with van der Waals surface area (Å²) >= 11 is 0. The Balaban J connectivity index is 0. The lowest BCUT2D eigenvalue weighted by Gasteiger charge is -2.27. The van der Waals surface area contributed by atoms with Gasteiger partial charge in [-0.1, -0.05) is 27.7 Å². The van der Waals surface area contributed by atoms with Crippen molar-refractivity contribution in [1.82, 2.24) is 0 Å². The third-order valence-electron chi connectivity index (χ3n) is 2.77. The lowest BCUT2D eigenvalue weighted by atomic mass is 9.83. The average molecular weight is 232 g/mol. The topological polar surface area (TPSA) is 18.5 Å². The van der Waals surface area contributed by atoms with Crippen molar-refractivity contribution in [2.45, 2.75) is 53.4 Å². The van der Waals surface area contributed by atoms with Crippen LogP contribution in [0.15, 0.2) is 0 Å². The zero-order valence-corrected chi connectivity index (χ0v) is 12.2. The Labute approximate surface area is 103 Å². The summed E-state index contributed by atoms with van der Waals surface area (Å²) in [5.74, 6) is 1.62. The van der Waals surface area contributed by atoms with Gasteiger partial charge in [-0.25, -0.2) is 0 Å². The molecule has 0 bridgehead atoms. The molecule has 0 N–H and O–H groups in total. The van der Waals surface area contributed by atoms with E-state index in [9.17, 15) is 0 Å². The van der Waals surface area contributed by atoms with E-state index in [-0.39, 0.29) is 0 Å². The molecule has 2 heteroatoms. The van der Waals surface area contributed by atoms with Gasteiger partial charge in [0.1, 0.15) is 0 Å². The minimum absolute atomic E-state index is 0.808. The molecule has 1 fully saturated rings. The summed E-state index contributed by atoms with van der Waals surface area (Å²) in [6.07, 6.45) is 5.29. The summed E-state index contributed by atoms with van der Waals surface area (Å²) < 4.78 is 10.3. The zero-order chi connectivity index (χ0) is 12.8. The monoisotopic (exact) mass is 232 g/mol. The fraction of sp³-hybridized carbons (Fsp3) is 1.00. The third kappa shape index (κ3) is 9.17. The van der Waals surface area contributed by atoms with Gasteiger partial charge >= 0.3 is 0 Å². The smallest absolute Gasteiger partial charge is 0.0490 e. The van der Waals surface area contributed by atoms with Crippen LogP contribution in [0, 0.1) is 11.8 Å². The standard InChI is InChI=1S/C10H20O2.2C2H6/c1-11-7-9-3-5-10(6-4-9)8-12-2;2*1-2/h9-10H,3-8H2,1-2H3;2*1-2H3. The van der Waals surface area contributed by atoms with Crippen molar-refractivity contribution in [3.05, 3.63) is 0 Å². The molecule has 0 radical (unpaired) electrons. The fourth-order valence-corrected chi connectivity index (χ4v) is 2.04. The van der Waals surface area contributed by atoms with E-state index in [0.29, 0.717) is 0 Å². The highest BCUT2D eigenvalue weighted by Gasteiger charge is 2.20. The first kappa shape index (κ1) is 18.3. The molecule has 0 aromatic carbocycles. The van der Waals surface area contributed by atoms with E-state index in [1.807, 2.05) is 27.7 Å². The summed E-state index contributed by atoms with van der Waals surface area (Å²) in [5, 5.41) is 0. The van der Waals surface area contributed by atoms with Crippen LogP contribution in [-0.4, -0.2) is 27.4 Å². The molecular formula is C14H32O2. The van der Waals surface area contributed by atoms with E-state index in [0.717, 1.165) is 25.0 Å². The normalized spacial score (nSPS) is 23.6. The second-order valence-corrected chi connectivity index (χ2v) is 3.80. The Hall–Kier alpha value is -0.0800. The summed E-state index contributed by atoms with van der Waals surface area (Å²) in [6, 6.07) is 0. The predicted octanol–water partition coefficient (Wildman–Crippen LogP) is 4.14. The first-order valence-electron chi connectivity index (χ1n) is 6.84. The molecular weight excluding hydrogens is 200 g/mol. The maximum atomic E-state index is 5.15. The number of hydrogen-bond acceptors (Lipinski definition) is 2. The van der Waals surface area contributed by atoms with Crippen molar-refractivity contribution in [2.75, 3.05) is 27.4 Å². The average Bonchev–Trinajstić information content (AvgIpc) is 2.37. The highest BCUT2D eigenvalue weighted by Crippen LogP contribution is 2.28. The van der Waals surface area contributed by atoms with E-state index in [2.05, 4.69) is 0 Å². The largest absolute Gasteiger partial charge is 0.384 e. The summed E-state index contributed by atoms with van der Waals surface area (Å²) in [6.45, 7) is 9.89. The molecule has 0 atom stereocenters. The summed E-state index contributed by atoms with van der Waals surface area (Å²) in [4.78, 5) is 0. The molecule has 16 heavy (non-hydrogen) atoms. The van der Waals surface area contributed by atoms with E-state index in [1.54, 1.807) is 14.2 Å². The third-order valence-corrected chi connectivity index (χ3v) is 2.77. The van der Waals surface area contributed by atoms with Gasteiger partial charge in [-0.3, -0.25) is 0 Å². The van der Waals surface area contributed by atoms with E-state index >= 15 is 0 Å². The Morgan fingerprint density at radius 3 is 1.12 bits per heavy atom. The zero-order valence-electron chi connectivity index (χ0n) is 12.2. The lowest BCUT2D eigenvalue weighted by molar-refractivity contribution is 0.0862. The molecule has 2 nitrogen and oxygen atoms in total. The minimum Gasteiger partial charge on any atom is -0.384 e. The molecule has 1 aliphatic rings. The van der Waals surface area contributed by atoms with Crippen LogP contribution in [0.2, 0.25) is 0 Å². The van der Waals surface area contributed by atoms with Crippen LogP contribution in [-0.2, 0) is 9.47 Å². The molecule has 0 aromatic heterocycles. The highest BCUT2D eigenvalue weighted by molar-refractivity contribution is 4.71. The van der Waals surface area contributed by atoms with Gasteiger partial charge in [0.25, 0.3) is 0 Å². The van der Waals surface area contributed by atoms with Gasteiger partial charge in [-0.2, -0.15) is 0 Å². The van der Waals surface area contributed by atoms with Gasteiger partial charge in [0.15, 0.2) is 0 Å². The predicted molar refractivity (Wildman–Crippen MR) is 71.9 cm³/mol. The molecule has 0 saturated heterocycles. The SMILES string of the molecule is CC.CC.COCC1CCC(COC)CC1. The van der Waals surface area contributed by atoms with E-state index in [1.165, 1.54) is 25.7 Å². The Morgan fingerprint density at radius 2 is 0.938 bits per heavy atom. The van der Waals surface area contributed by atoms with Gasteiger partial charge in [0.05, 0.1) is 0 Å². The quantitative estimate of drug-likeness (QED) is 0.725. The van der Waals surface area contributed by atoms with Crippen LogP contribution < -0.4 is 0 Å². The Morgan fingerprint density at radius 1 is 0.688 bits per heavy atom. The van der Waals surface area contributed by atoms with Crippen LogP contribution in [0.25, 0.3) is 0 Å². The Bertz CT molecular complexity index is 93.3. The molecule has 1 rings (SSSR count). The van der Waals surface area contributed by atoms with Crippen molar-refractivity contribution in [1.29, 1.82) is 0 Å². The van der Waals surface area contributed by atoms with Gasteiger partial charge in [0.2, 0.25) is 0 Å².